The van der Waals surface area contributed by atoms with Crippen LogP contribution in [0.2, 0.25) is 0 Å². The fourth-order valence-electron chi connectivity index (χ4n) is 5.10. The van der Waals surface area contributed by atoms with Crippen molar-refractivity contribution in [2.75, 3.05) is 18.6 Å². The van der Waals surface area contributed by atoms with Crippen LogP contribution in [0.3, 0.4) is 0 Å². The summed E-state index contributed by atoms with van der Waals surface area (Å²) < 4.78 is 11.3. The van der Waals surface area contributed by atoms with Gasteiger partial charge in [0.05, 0.1) is 25.4 Å². The Morgan fingerprint density at radius 1 is 1.12 bits per heavy atom. The second-order valence-corrected chi connectivity index (χ2v) is 8.26. The Bertz CT molecular complexity index is 1120. The highest BCUT2D eigenvalue weighted by atomic mass is 16.5. The van der Waals surface area contributed by atoms with Gasteiger partial charge in [0.1, 0.15) is 11.5 Å². The summed E-state index contributed by atoms with van der Waals surface area (Å²) in [7, 11) is 1.50. The predicted octanol–water partition coefficient (Wildman–Crippen LogP) is 0.438. The maximum atomic E-state index is 13.2. The molecule has 0 bridgehead atoms. The number of rotatable bonds is 2. The summed E-state index contributed by atoms with van der Waals surface area (Å²) >= 11 is 0. The summed E-state index contributed by atoms with van der Waals surface area (Å²) in [6.07, 6.45) is 4.22. The third kappa shape index (κ3) is 2.84. The summed E-state index contributed by atoms with van der Waals surface area (Å²) in [6.45, 7) is 4.20. The van der Waals surface area contributed by atoms with Gasteiger partial charge in [0.15, 0.2) is 5.41 Å². The number of morpholine rings is 1. The van der Waals surface area contributed by atoms with Crippen LogP contribution in [0.15, 0.2) is 24.7 Å². The number of nitrogens with one attached hydrogen (secondary N) is 2. The molecule has 11 heteroatoms. The van der Waals surface area contributed by atoms with E-state index in [0.29, 0.717) is 35.1 Å². The van der Waals surface area contributed by atoms with Crippen LogP contribution in [0.5, 0.6) is 5.88 Å². The minimum absolute atomic E-state index is 0.0555. The van der Waals surface area contributed by atoms with Gasteiger partial charge in [-0.2, -0.15) is 0 Å². The van der Waals surface area contributed by atoms with Crippen LogP contribution in [-0.2, 0) is 20.7 Å². The molecule has 0 unspecified atom stereocenters. The van der Waals surface area contributed by atoms with Crippen molar-refractivity contribution >= 4 is 23.7 Å². The molecule has 2 aromatic heterocycles. The number of pyridine rings is 1. The molecule has 4 amide bonds. The second kappa shape index (κ2) is 7.23. The van der Waals surface area contributed by atoms with Crippen molar-refractivity contribution < 1.29 is 23.9 Å². The zero-order valence-electron chi connectivity index (χ0n) is 17.8. The lowest BCUT2D eigenvalue weighted by Gasteiger charge is -2.54. The molecule has 0 aromatic carbocycles. The highest BCUT2D eigenvalue weighted by molar-refractivity contribution is 6.20. The number of anilines is 1. The van der Waals surface area contributed by atoms with Crippen LogP contribution < -0.4 is 20.3 Å². The third-order valence-corrected chi connectivity index (χ3v) is 6.27. The summed E-state index contributed by atoms with van der Waals surface area (Å²) in [5.41, 5.74) is 0.280. The van der Waals surface area contributed by atoms with Crippen LogP contribution in [0.1, 0.15) is 19.4 Å². The molecule has 2 fully saturated rings. The van der Waals surface area contributed by atoms with Gasteiger partial charge in [-0.05, 0) is 25.5 Å². The molecule has 2 saturated heterocycles. The van der Waals surface area contributed by atoms with Gasteiger partial charge >= 0.3 is 6.03 Å². The molecule has 2 aromatic rings. The molecule has 11 nitrogen and oxygen atoms in total. The quantitative estimate of drug-likeness (QED) is 0.640. The van der Waals surface area contributed by atoms with Gasteiger partial charge in [-0.25, -0.2) is 19.7 Å². The molecule has 0 saturated carbocycles. The number of amides is 4. The molecule has 1 spiro atoms. The lowest BCUT2D eigenvalue weighted by molar-refractivity contribution is -0.153. The van der Waals surface area contributed by atoms with Crippen molar-refractivity contribution in [3.63, 3.8) is 0 Å². The molecule has 166 valence electrons. The number of carbonyl (C=O) groups is 3. The van der Waals surface area contributed by atoms with Crippen molar-refractivity contribution in [1.29, 1.82) is 0 Å². The topological polar surface area (TPSA) is 136 Å². The maximum Gasteiger partial charge on any atom is 0.328 e. The lowest BCUT2D eigenvalue weighted by atomic mass is 9.67. The summed E-state index contributed by atoms with van der Waals surface area (Å²) in [4.78, 5) is 53.4. The summed E-state index contributed by atoms with van der Waals surface area (Å²) in [5, 5.41) is 4.55. The molecule has 2 N–H and O–H groups in total. The zero-order valence-corrected chi connectivity index (χ0v) is 17.8. The predicted molar refractivity (Wildman–Crippen MR) is 111 cm³/mol. The van der Waals surface area contributed by atoms with Crippen LogP contribution in [-0.4, -0.2) is 64.7 Å². The number of fused-ring (bicyclic) bond motifs is 4. The molecule has 3 aliphatic rings. The van der Waals surface area contributed by atoms with E-state index in [9.17, 15) is 14.4 Å². The van der Waals surface area contributed by atoms with E-state index in [1.165, 1.54) is 13.3 Å². The Morgan fingerprint density at radius 2 is 1.84 bits per heavy atom. The molecule has 0 aliphatic carbocycles. The number of ether oxygens (including phenoxy) is 2. The minimum Gasteiger partial charge on any atom is -0.479 e. The van der Waals surface area contributed by atoms with Crippen LogP contribution in [0.25, 0.3) is 11.3 Å². The first-order valence-electron chi connectivity index (χ1n) is 10.3. The standard InChI is InChI=1S/C21H22N6O5/c1-10-9-27-15(11(2)32-10)21(18(28)25-20(30)26-19(21)29)7-12-6-13(8-24-16(12)27)14-17(31-3)23-5-4-22-14/h4-6,8,10-11,15H,7,9H2,1-3H3,(H2,25,26,28,29,30)/t10-,11-,15+/m1/s1. The number of methoxy groups -OCH3 is 1. The van der Waals surface area contributed by atoms with Gasteiger partial charge in [-0.15, -0.1) is 0 Å². The van der Waals surface area contributed by atoms with E-state index in [-0.39, 0.29) is 12.5 Å². The molecular weight excluding hydrogens is 416 g/mol. The smallest absolute Gasteiger partial charge is 0.328 e. The zero-order chi connectivity index (χ0) is 22.6. The van der Waals surface area contributed by atoms with E-state index in [2.05, 4.69) is 25.6 Å². The van der Waals surface area contributed by atoms with Crippen LogP contribution in [0, 0.1) is 5.41 Å². The number of urea groups is 1. The number of imide groups is 2. The van der Waals surface area contributed by atoms with Crippen molar-refractivity contribution in [3.8, 4) is 17.1 Å². The van der Waals surface area contributed by atoms with Gasteiger partial charge in [0, 0.05) is 37.1 Å². The molecular formula is C21H22N6O5. The molecule has 3 aliphatic heterocycles. The number of hydrogen-bond acceptors (Lipinski definition) is 9. The molecule has 0 radical (unpaired) electrons. The fourth-order valence-corrected chi connectivity index (χ4v) is 5.10. The Balaban J connectivity index is 1.68. The van der Waals surface area contributed by atoms with E-state index < -0.39 is 35.4 Å². The second-order valence-electron chi connectivity index (χ2n) is 8.26. The number of aromatic nitrogens is 3. The van der Waals surface area contributed by atoms with Gasteiger partial charge in [0.2, 0.25) is 17.7 Å². The van der Waals surface area contributed by atoms with Gasteiger partial charge in [-0.1, -0.05) is 0 Å². The number of nitrogens with zero attached hydrogens (tertiary/aromatic N) is 4. The highest BCUT2D eigenvalue weighted by Crippen LogP contribution is 2.46. The summed E-state index contributed by atoms with van der Waals surface area (Å²) in [5.74, 6) is -0.268. The highest BCUT2D eigenvalue weighted by Gasteiger charge is 2.63. The Hall–Kier alpha value is -3.60. The fraction of sp³-hybridized carbons (Fsp3) is 0.429. The summed E-state index contributed by atoms with van der Waals surface area (Å²) in [6, 6.07) is 0.398. The van der Waals surface area contributed by atoms with Crippen LogP contribution >= 0.6 is 0 Å². The van der Waals surface area contributed by atoms with E-state index in [0.717, 1.165) is 0 Å². The number of carbonyl (C=O) groups excluding carboxylic acids is 3. The van der Waals surface area contributed by atoms with Crippen molar-refractivity contribution in [3.05, 3.63) is 30.2 Å². The van der Waals surface area contributed by atoms with E-state index in [4.69, 9.17) is 9.47 Å². The monoisotopic (exact) mass is 438 g/mol. The molecule has 5 rings (SSSR count). The number of hydrogen-bond donors (Lipinski definition) is 2. The molecule has 5 heterocycles. The van der Waals surface area contributed by atoms with Crippen molar-refractivity contribution in [1.82, 2.24) is 25.6 Å². The van der Waals surface area contributed by atoms with Gasteiger partial charge in [-0.3, -0.25) is 20.2 Å². The van der Waals surface area contributed by atoms with Crippen LogP contribution in [0.4, 0.5) is 10.6 Å². The molecule has 32 heavy (non-hydrogen) atoms. The maximum absolute atomic E-state index is 13.2. The number of barbiturate groups is 1. The molecule has 3 atom stereocenters. The van der Waals surface area contributed by atoms with E-state index >= 15 is 0 Å². The SMILES string of the molecule is COc1nccnc1-c1cnc2c(c1)CC1(C(=O)NC(=O)NC1=O)[C@@H]1[C@@H](C)O[C@H](C)CN21. The normalized spacial score (nSPS) is 26.2. The van der Waals surface area contributed by atoms with Gasteiger partial charge in [0.25, 0.3) is 0 Å². The average molecular weight is 438 g/mol. The van der Waals surface area contributed by atoms with Crippen molar-refractivity contribution in [2.24, 2.45) is 5.41 Å². The Labute approximate surface area is 183 Å². The minimum atomic E-state index is -1.55. The lowest BCUT2D eigenvalue weighted by Crippen LogP contribution is -2.75. The Kier molecular flexibility index (Phi) is 4.59. The first-order chi connectivity index (χ1) is 15.3. The largest absolute Gasteiger partial charge is 0.479 e. The first kappa shape index (κ1) is 20.3. The third-order valence-electron chi connectivity index (χ3n) is 6.27. The average Bonchev–Trinajstić information content (AvgIpc) is 2.76. The Morgan fingerprint density at radius 3 is 2.56 bits per heavy atom. The first-order valence-corrected chi connectivity index (χ1v) is 10.3. The van der Waals surface area contributed by atoms with Crippen molar-refractivity contribution in [2.45, 2.75) is 38.5 Å². The van der Waals surface area contributed by atoms with Gasteiger partial charge < -0.3 is 14.4 Å². The van der Waals surface area contributed by atoms with E-state index in [1.54, 1.807) is 12.4 Å². The van der Waals surface area contributed by atoms with E-state index in [1.807, 2.05) is 24.8 Å².